The first-order valence-corrected chi connectivity index (χ1v) is 5.47. The molecule has 0 amide bonds. The molecule has 4 atom stereocenters. The Hall–Kier alpha value is -0.690. The molecule has 1 rings (SSSR count). The molecule has 1 heterocycles. The van der Waals surface area contributed by atoms with Gasteiger partial charge in [0, 0.05) is 28.3 Å². The molecule has 0 N–H and O–H groups in total. The maximum Gasteiger partial charge on any atom is 0.303 e. The molecule has 0 aromatic carbocycles. The highest BCUT2D eigenvalue weighted by Gasteiger charge is 2.43. The number of esters is 1. The highest BCUT2D eigenvalue weighted by molar-refractivity contribution is 5.66. The molecule has 1 aliphatic heterocycles. The summed E-state index contributed by atoms with van der Waals surface area (Å²) in [6, 6.07) is 0. The lowest BCUT2D eigenvalue weighted by molar-refractivity contribution is -0.224. The van der Waals surface area contributed by atoms with Gasteiger partial charge in [0.25, 0.3) is 0 Å². The maximum atomic E-state index is 11.1. The summed E-state index contributed by atoms with van der Waals surface area (Å²) in [5.74, 6) is -0.376. The number of methoxy groups -OCH3 is 3. The lowest BCUT2D eigenvalue weighted by Crippen LogP contribution is -2.57. The number of rotatable bonds is 5. The Morgan fingerprint density at radius 1 is 1.24 bits per heavy atom. The van der Waals surface area contributed by atoms with Crippen LogP contribution in [-0.2, 0) is 28.5 Å². The molecule has 0 aromatic rings. The number of hydrogen-bond acceptors (Lipinski definition) is 6. The predicted molar refractivity (Wildman–Crippen MR) is 58.8 cm³/mol. The third kappa shape index (κ3) is 3.64. The molecule has 1 fully saturated rings. The van der Waals surface area contributed by atoms with Gasteiger partial charge < -0.3 is 23.7 Å². The molecule has 1 saturated heterocycles. The topological polar surface area (TPSA) is 63.2 Å². The lowest BCUT2D eigenvalue weighted by Gasteiger charge is -2.40. The second-order valence-corrected chi connectivity index (χ2v) is 3.88. The summed E-state index contributed by atoms with van der Waals surface area (Å²) in [5.41, 5.74) is 0. The minimum atomic E-state index is -0.517. The van der Waals surface area contributed by atoms with Gasteiger partial charge in [0.2, 0.25) is 0 Å². The minimum Gasteiger partial charge on any atom is -0.457 e. The highest BCUT2D eigenvalue weighted by atomic mass is 16.6. The van der Waals surface area contributed by atoms with E-state index >= 15 is 0 Å². The van der Waals surface area contributed by atoms with Gasteiger partial charge in [0.1, 0.15) is 18.3 Å². The van der Waals surface area contributed by atoms with Crippen molar-refractivity contribution in [3.05, 3.63) is 0 Å². The first-order chi connectivity index (χ1) is 8.13. The smallest absolute Gasteiger partial charge is 0.303 e. The van der Waals surface area contributed by atoms with E-state index in [9.17, 15) is 4.79 Å². The van der Waals surface area contributed by atoms with Crippen molar-refractivity contribution in [1.82, 2.24) is 0 Å². The third-order valence-corrected chi connectivity index (χ3v) is 2.74. The Labute approximate surface area is 101 Å². The van der Waals surface area contributed by atoms with Crippen molar-refractivity contribution in [2.24, 2.45) is 0 Å². The van der Waals surface area contributed by atoms with Gasteiger partial charge in [-0.25, -0.2) is 0 Å². The fourth-order valence-electron chi connectivity index (χ4n) is 1.96. The van der Waals surface area contributed by atoms with E-state index in [1.165, 1.54) is 6.92 Å². The van der Waals surface area contributed by atoms with Crippen molar-refractivity contribution in [3.63, 3.8) is 0 Å². The van der Waals surface area contributed by atoms with Crippen LogP contribution in [-0.4, -0.2) is 64.9 Å². The average molecular weight is 248 g/mol. The van der Waals surface area contributed by atoms with Gasteiger partial charge in [-0.3, -0.25) is 4.79 Å². The van der Waals surface area contributed by atoms with Crippen LogP contribution in [0, 0.1) is 0 Å². The first-order valence-electron chi connectivity index (χ1n) is 5.47. The monoisotopic (exact) mass is 248 g/mol. The van der Waals surface area contributed by atoms with Gasteiger partial charge in [0.15, 0.2) is 6.10 Å². The fourth-order valence-corrected chi connectivity index (χ4v) is 1.96. The Kier molecular flexibility index (Phi) is 5.84. The quantitative estimate of drug-likeness (QED) is 0.638. The molecule has 0 aliphatic carbocycles. The normalized spacial score (nSPS) is 33.4. The number of ether oxygens (including phenoxy) is 5. The largest absolute Gasteiger partial charge is 0.457 e. The second-order valence-electron chi connectivity index (χ2n) is 3.88. The molecule has 0 bridgehead atoms. The summed E-state index contributed by atoms with van der Waals surface area (Å²) >= 11 is 0. The summed E-state index contributed by atoms with van der Waals surface area (Å²) < 4.78 is 26.4. The summed E-state index contributed by atoms with van der Waals surface area (Å²) in [4.78, 5) is 11.1. The zero-order chi connectivity index (χ0) is 12.8. The highest BCUT2D eigenvalue weighted by Crippen LogP contribution is 2.23. The van der Waals surface area contributed by atoms with Crippen molar-refractivity contribution in [1.29, 1.82) is 0 Å². The van der Waals surface area contributed by atoms with Gasteiger partial charge in [-0.1, -0.05) is 0 Å². The average Bonchev–Trinajstić information content (AvgIpc) is 2.30. The van der Waals surface area contributed by atoms with Crippen LogP contribution < -0.4 is 0 Å². The molecular weight excluding hydrogens is 228 g/mol. The van der Waals surface area contributed by atoms with E-state index in [1.807, 2.05) is 0 Å². The molecule has 0 saturated carbocycles. The van der Waals surface area contributed by atoms with Gasteiger partial charge in [-0.15, -0.1) is 0 Å². The minimum absolute atomic E-state index is 0.252. The van der Waals surface area contributed by atoms with E-state index in [2.05, 4.69) is 0 Å². The van der Waals surface area contributed by atoms with Crippen molar-refractivity contribution in [2.75, 3.05) is 34.5 Å². The molecule has 1 aliphatic rings. The molecule has 0 aromatic heterocycles. The maximum absolute atomic E-state index is 11.1. The molecule has 100 valence electrons. The Balaban J connectivity index is 2.77. The van der Waals surface area contributed by atoms with Crippen LogP contribution in [0.5, 0.6) is 0 Å². The zero-order valence-electron chi connectivity index (χ0n) is 10.7. The van der Waals surface area contributed by atoms with Crippen molar-refractivity contribution in [2.45, 2.75) is 31.3 Å². The van der Waals surface area contributed by atoms with Crippen LogP contribution in [0.2, 0.25) is 0 Å². The van der Waals surface area contributed by atoms with E-state index < -0.39 is 6.10 Å². The van der Waals surface area contributed by atoms with Crippen LogP contribution in [0.15, 0.2) is 0 Å². The Morgan fingerprint density at radius 3 is 2.41 bits per heavy atom. The van der Waals surface area contributed by atoms with E-state index in [4.69, 9.17) is 23.7 Å². The summed E-state index contributed by atoms with van der Waals surface area (Å²) in [6.45, 7) is 2.09. The molecule has 17 heavy (non-hydrogen) atoms. The van der Waals surface area contributed by atoms with Gasteiger partial charge in [0.05, 0.1) is 13.2 Å². The first kappa shape index (κ1) is 14.4. The van der Waals surface area contributed by atoms with Crippen molar-refractivity contribution >= 4 is 5.97 Å². The number of carbonyl (C=O) groups is 1. The second kappa shape index (κ2) is 6.90. The third-order valence-electron chi connectivity index (χ3n) is 2.74. The molecule has 0 radical (unpaired) electrons. The van der Waals surface area contributed by atoms with Crippen LogP contribution in [0.1, 0.15) is 6.92 Å². The van der Waals surface area contributed by atoms with Crippen LogP contribution in [0.4, 0.5) is 0 Å². The molecule has 6 nitrogen and oxygen atoms in total. The Morgan fingerprint density at radius 2 is 1.94 bits per heavy atom. The van der Waals surface area contributed by atoms with E-state index in [-0.39, 0.29) is 24.3 Å². The number of carbonyl (C=O) groups excluding carboxylic acids is 1. The summed E-state index contributed by atoms with van der Waals surface area (Å²) in [5, 5.41) is 0. The zero-order valence-corrected chi connectivity index (χ0v) is 10.7. The predicted octanol–water partition coefficient (Wildman–Crippen LogP) is -0.00670. The SMILES string of the molecule is COC[C@H]1OC[C@H](OC)[C@@H](OC)[C@@H]1OC(C)=O. The van der Waals surface area contributed by atoms with Gasteiger partial charge >= 0.3 is 5.97 Å². The van der Waals surface area contributed by atoms with E-state index in [1.54, 1.807) is 21.3 Å². The summed E-state index contributed by atoms with van der Waals surface area (Å²) in [7, 11) is 4.70. The molecule has 0 spiro atoms. The van der Waals surface area contributed by atoms with Crippen LogP contribution in [0.3, 0.4) is 0 Å². The van der Waals surface area contributed by atoms with Crippen LogP contribution >= 0.6 is 0 Å². The summed E-state index contributed by atoms with van der Waals surface area (Å²) in [6.07, 6.45) is -1.45. The van der Waals surface area contributed by atoms with Crippen LogP contribution in [0.25, 0.3) is 0 Å². The Bertz CT molecular complexity index is 244. The van der Waals surface area contributed by atoms with Gasteiger partial charge in [-0.2, -0.15) is 0 Å². The molecular formula is C11H20O6. The fraction of sp³-hybridized carbons (Fsp3) is 0.909. The van der Waals surface area contributed by atoms with E-state index in [0.717, 1.165) is 0 Å². The van der Waals surface area contributed by atoms with Crippen molar-refractivity contribution in [3.8, 4) is 0 Å². The molecule has 0 unspecified atom stereocenters. The van der Waals surface area contributed by atoms with Crippen molar-refractivity contribution < 1.29 is 28.5 Å². The van der Waals surface area contributed by atoms with Gasteiger partial charge in [-0.05, 0) is 0 Å². The molecule has 6 heteroatoms. The van der Waals surface area contributed by atoms with E-state index in [0.29, 0.717) is 13.2 Å². The lowest BCUT2D eigenvalue weighted by atomic mass is 10.00. The number of hydrogen-bond donors (Lipinski definition) is 0. The standard InChI is InChI=1S/C11H20O6/c1-7(12)17-11-9(5-13-2)16-6-8(14-3)10(11)15-4/h8-11H,5-6H2,1-4H3/t8-,9+,10+,11+/m0/s1.